The summed E-state index contributed by atoms with van der Waals surface area (Å²) in [5.41, 5.74) is 4.27. The molecule has 0 saturated heterocycles. The van der Waals surface area contributed by atoms with Crippen LogP contribution in [0.15, 0.2) is 60.8 Å². The lowest BCUT2D eigenvalue weighted by Crippen LogP contribution is -2.24. The van der Waals surface area contributed by atoms with Crippen LogP contribution in [0, 0.1) is 12.7 Å². The molecule has 1 heterocycles. The van der Waals surface area contributed by atoms with Crippen LogP contribution in [0.5, 0.6) is 0 Å². The van der Waals surface area contributed by atoms with E-state index in [4.69, 9.17) is 0 Å². The quantitative estimate of drug-likeness (QED) is 0.497. The fraction of sp³-hybridized carbons (Fsp3) is 0.240. The lowest BCUT2D eigenvalue weighted by molar-refractivity contribution is -0.118. The first-order valence-electron chi connectivity index (χ1n) is 10.0. The van der Waals surface area contributed by atoms with Crippen molar-refractivity contribution in [3.8, 4) is 11.1 Å². The normalized spacial score (nSPS) is 10.7. The number of amides is 1. The zero-order valence-corrected chi connectivity index (χ0v) is 17.5. The van der Waals surface area contributed by atoms with Gasteiger partial charge in [0.15, 0.2) is 5.78 Å². The summed E-state index contributed by atoms with van der Waals surface area (Å²) in [7, 11) is 1.73. The van der Waals surface area contributed by atoms with E-state index in [1.54, 1.807) is 30.3 Å². The van der Waals surface area contributed by atoms with Crippen molar-refractivity contribution in [2.24, 2.45) is 0 Å². The summed E-state index contributed by atoms with van der Waals surface area (Å²) < 4.78 is 14.7. The van der Waals surface area contributed by atoms with Gasteiger partial charge in [-0.2, -0.15) is 0 Å². The number of ketones is 1. The minimum absolute atomic E-state index is 0.0261. The van der Waals surface area contributed by atoms with Crippen molar-refractivity contribution in [1.82, 2.24) is 4.98 Å². The molecule has 0 aliphatic carbocycles. The van der Waals surface area contributed by atoms with Gasteiger partial charge >= 0.3 is 0 Å². The summed E-state index contributed by atoms with van der Waals surface area (Å²) in [6, 6.07) is 15.8. The topological polar surface area (TPSA) is 50.3 Å². The molecule has 0 aliphatic heterocycles. The van der Waals surface area contributed by atoms with E-state index >= 15 is 0 Å². The van der Waals surface area contributed by atoms with Gasteiger partial charge in [0.25, 0.3) is 0 Å². The zero-order valence-electron chi connectivity index (χ0n) is 17.5. The van der Waals surface area contributed by atoms with E-state index in [0.29, 0.717) is 18.4 Å². The number of benzene rings is 2. The summed E-state index contributed by atoms with van der Waals surface area (Å²) >= 11 is 0. The minimum Gasteiger partial charge on any atom is -0.316 e. The Morgan fingerprint density at radius 3 is 2.37 bits per heavy atom. The summed E-state index contributed by atoms with van der Waals surface area (Å²) in [6.45, 7) is 3.72. The molecule has 3 rings (SSSR count). The third-order valence-corrected chi connectivity index (χ3v) is 5.27. The van der Waals surface area contributed by atoms with Crippen molar-refractivity contribution >= 4 is 17.4 Å². The number of aryl methyl sites for hydroxylation is 2. The molecule has 5 heteroatoms. The van der Waals surface area contributed by atoms with E-state index < -0.39 is 5.82 Å². The van der Waals surface area contributed by atoms with Gasteiger partial charge in [0, 0.05) is 37.5 Å². The average Bonchev–Trinajstić information content (AvgIpc) is 2.77. The molecule has 2 aromatic carbocycles. The standard InChI is InChI=1S/C25H25FN2O2/c1-4-25(30)28(3)21-11-7-19(8-12-21)20-9-13-22(23(26)16-20)24(29)14-10-18-6-5-15-27-17(18)2/h5-9,11-13,15-16H,4,10,14H2,1-3H3. The van der Waals surface area contributed by atoms with Gasteiger partial charge in [-0.25, -0.2) is 4.39 Å². The van der Waals surface area contributed by atoms with Crippen molar-refractivity contribution in [3.05, 3.63) is 83.4 Å². The number of hydrogen-bond acceptors (Lipinski definition) is 3. The molecule has 0 bridgehead atoms. The van der Waals surface area contributed by atoms with Gasteiger partial charge in [0.05, 0.1) is 5.56 Å². The fourth-order valence-corrected chi connectivity index (χ4v) is 3.34. The zero-order chi connectivity index (χ0) is 21.7. The van der Waals surface area contributed by atoms with Gasteiger partial charge in [-0.15, -0.1) is 0 Å². The number of halogens is 1. The molecule has 0 N–H and O–H groups in total. The van der Waals surface area contributed by atoms with Gasteiger partial charge in [-0.1, -0.05) is 31.2 Å². The SMILES string of the molecule is CCC(=O)N(C)c1ccc(-c2ccc(C(=O)CCc3cccnc3C)c(F)c2)cc1. The Bertz CT molecular complexity index is 1060. The van der Waals surface area contributed by atoms with Crippen molar-refractivity contribution in [2.75, 3.05) is 11.9 Å². The number of rotatable bonds is 7. The lowest BCUT2D eigenvalue weighted by Gasteiger charge is -2.16. The van der Waals surface area contributed by atoms with Crippen molar-refractivity contribution in [3.63, 3.8) is 0 Å². The minimum atomic E-state index is -0.525. The van der Waals surface area contributed by atoms with Crippen LogP contribution in [-0.2, 0) is 11.2 Å². The second kappa shape index (κ2) is 9.44. The predicted molar refractivity (Wildman–Crippen MR) is 117 cm³/mol. The first kappa shape index (κ1) is 21.4. The number of nitrogens with zero attached hydrogens (tertiary/aromatic N) is 2. The highest BCUT2D eigenvalue weighted by atomic mass is 19.1. The Balaban J connectivity index is 1.72. The Morgan fingerprint density at radius 2 is 1.73 bits per heavy atom. The van der Waals surface area contributed by atoms with Crippen LogP contribution >= 0.6 is 0 Å². The maximum absolute atomic E-state index is 14.7. The molecule has 1 aromatic heterocycles. The molecule has 30 heavy (non-hydrogen) atoms. The molecular weight excluding hydrogens is 379 g/mol. The van der Waals surface area contributed by atoms with Gasteiger partial charge < -0.3 is 4.90 Å². The van der Waals surface area contributed by atoms with Crippen LogP contribution < -0.4 is 4.90 Å². The number of aromatic nitrogens is 1. The highest BCUT2D eigenvalue weighted by Gasteiger charge is 2.14. The number of hydrogen-bond donors (Lipinski definition) is 0. The second-order valence-corrected chi connectivity index (χ2v) is 7.22. The molecule has 0 saturated carbocycles. The molecule has 154 valence electrons. The average molecular weight is 404 g/mol. The molecule has 0 radical (unpaired) electrons. The van der Waals surface area contributed by atoms with Crippen LogP contribution in [0.4, 0.5) is 10.1 Å². The van der Waals surface area contributed by atoms with E-state index in [2.05, 4.69) is 4.98 Å². The Labute approximate surface area is 176 Å². The number of anilines is 1. The van der Waals surface area contributed by atoms with E-state index in [-0.39, 0.29) is 23.7 Å². The molecule has 1 amide bonds. The van der Waals surface area contributed by atoms with E-state index in [1.807, 2.05) is 50.2 Å². The smallest absolute Gasteiger partial charge is 0.226 e. The molecule has 0 atom stereocenters. The molecule has 4 nitrogen and oxygen atoms in total. The van der Waals surface area contributed by atoms with E-state index in [1.165, 1.54) is 6.07 Å². The summed E-state index contributed by atoms with van der Waals surface area (Å²) in [5, 5.41) is 0. The van der Waals surface area contributed by atoms with Crippen molar-refractivity contribution in [2.45, 2.75) is 33.1 Å². The monoisotopic (exact) mass is 404 g/mol. The number of carbonyl (C=O) groups excluding carboxylic acids is 2. The largest absolute Gasteiger partial charge is 0.316 e. The first-order valence-corrected chi connectivity index (χ1v) is 10.0. The number of carbonyl (C=O) groups is 2. The van der Waals surface area contributed by atoms with Gasteiger partial charge in [-0.3, -0.25) is 14.6 Å². The predicted octanol–water partition coefficient (Wildman–Crippen LogP) is 5.38. The van der Waals surface area contributed by atoms with Crippen LogP contribution in [0.2, 0.25) is 0 Å². The highest BCUT2D eigenvalue weighted by Crippen LogP contribution is 2.25. The summed E-state index contributed by atoms with van der Waals surface area (Å²) in [5.74, 6) is -0.724. The Hall–Kier alpha value is -3.34. The number of Topliss-reactive ketones (excluding diaryl/α,β-unsaturated/α-hetero) is 1. The summed E-state index contributed by atoms with van der Waals surface area (Å²) in [4.78, 5) is 30.1. The molecule has 0 unspecified atom stereocenters. The van der Waals surface area contributed by atoms with Gasteiger partial charge in [0.1, 0.15) is 5.82 Å². The van der Waals surface area contributed by atoms with E-state index in [0.717, 1.165) is 22.5 Å². The Morgan fingerprint density at radius 1 is 1.03 bits per heavy atom. The Kier molecular flexibility index (Phi) is 6.72. The molecule has 3 aromatic rings. The van der Waals surface area contributed by atoms with Crippen molar-refractivity contribution in [1.29, 1.82) is 0 Å². The van der Waals surface area contributed by atoms with Crippen LogP contribution in [0.1, 0.15) is 41.4 Å². The second-order valence-electron chi connectivity index (χ2n) is 7.22. The molecule has 0 fully saturated rings. The van der Waals surface area contributed by atoms with Gasteiger partial charge in [-0.05, 0) is 60.4 Å². The van der Waals surface area contributed by atoms with Gasteiger partial charge in [0.2, 0.25) is 5.91 Å². The van der Waals surface area contributed by atoms with Crippen molar-refractivity contribution < 1.29 is 14.0 Å². The fourth-order valence-electron chi connectivity index (χ4n) is 3.34. The molecular formula is C25H25FN2O2. The molecule has 0 aliphatic rings. The first-order chi connectivity index (χ1) is 14.4. The third kappa shape index (κ3) is 4.79. The van der Waals surface area contributed by atoms with E-state index in [9.17, 15) is 14.0 Å². The van der Waals surface area contributed by atoms with Crippen LogP contribution in [-0.4, -0.2) is 23.7 Å². The maximum atomic E-state index is 14.7. The van der Waals surface area contributed by atoms with Crippen LogP contribution in [0.25, 0.3) is 11.1 Å². The molecule has 0 spiro atoms. The lowest BCUT2D eigenvalue weighted by atomic mass is 9.98. The third-order valence-electron chi connectivity index (χ3n) is 5.27. The van der Waals surface area contributed by atoms with Crippen LogP contribution in [0.3, 0.4) is 0 Å². The summed E-state index contributed by atoms with van der Waals surface area (Å²) in [6.07, 6.45) is 2.91. The number of pyridine rings is 1. The maximum Gasteiger partial charge on any atom is 0.226 e. The highest BCUT2D eigenvalue weighted by molar-refractivity contribution is 5.97.